The molecule has 0 saturated carbocycles. The summed E-state index contributed by atoms with van der Waals surface area (Å²) in [4.78, 5) is 14.6. The van der Waals surface area contributed by atoms with E-state index >= 15 is 0 Å². The van der Waals surface area contributed by atoms with Crippen molar-refractivity contribution in [3.05, 3.63) is 65.2 Å². The molecular formula is C22H26N4O3S. The number of amides is 1. The first-order chi connectivity index (χ1) is 14.3. The van der Waals surface area contributed by atoms with Gasteiger partial charge in [0.2, 0.25) is 15.9 Å². The maximum atomic E-state index is 12.9. The zero-order chi connectivity index (χ0) is 21.7. The van der Waals surface area contributed by atoms with E-state index in [4.69, 9.17) is 0 Å². The van der Waals surface area contributed by atoms with Gasteiger partial charge in [0.1, 0.15) is 6.07 Å². The van der Waals surface area contributed by atoms with Crippen LogP contribution in [0, 0.1) is 18.3 Å². The predicted octanol–water partition coefficient (Wildman–Crippen LogP) is 1.88. The molecule has 1 aliphatic heterocycles. The van der Waals surface area contributed by atoms with E-state index in [-0.39, 0.29) is 35.5 Å². The zero-order valence-corrected chi connectivity index (χ0v) is 18.0. The van der Waals surface area contributed by atoms with Crippen LogP contribution in [0.1, 0.15) is 23.6 Å². The number of carbonyl (C=O) groups excluding carboxylic acids is 1. The molecule has 0 bridgehead atoms. The number of nitriles is 1. The van der Waals surface area contributed by atoms with Crippen LogP contribution in [0.25, 0.3) is 0 Å². The maximum Gasteiger partial charge on any atom is 0.244 e. The van der Waals surface area contributed by atoms with Gasteiger partial charge in [-0.25, -0.2) is 8.42 Å². The van der Waals surface area contributed by atoms with Crippen molar-refractivity contribution in [1.82, 2.24) is 14.5 Å². The molecule has 1 fully saturated rings. The van der Waals surface area contributed by atoms with E-state index in [1.165, 1.54) is 22.0 Å². The molecular weight excluding hydrogens is 400 g/mol. The first-order valence-electron chi connectivity index (χ1n) is 9.89. The van der Waals surface area contributed by atoms with E-state index < -0.39 is 10.0 Å². The molecule has 158 valence electrons. The molecule has 2 aromatic carbocycles. The zero-order valence-electron chi connectivity index (χ0n) is 17.2. The Hall–Kier alpha value is -2.73. The lowest BCUT2D eigenvalue weighted by Crippen LogP contribution is -2.54. The Labute approximate surface area is 178 Å². The Morgan fingerprint density at radius 1 is 1.10 bits per heavy atom. The number of nitrogens with zero attached hydrogens (tertiary/aromatic N) is 3. The number of benzene rings is 2. The lowest BCUT2D eigenvalue weighted by atomic mass is 10.1. The van der Waals surface area contributed by atoms with Crippen molar-refractivity contribution in [3.63, 3.8) is 0 Å². The van der Waals surface area contributed by atoms with Gasteiger partial charge in [-0.2, -0.15) is 9.57 Å². The molecule has 0 spiro atoms. The molecule has 0 aliphatic carbocycles. The second kappa shape index (κ2) is 9.39. The minimum Gasteiger partial charge on any atom is -0.351 e. The van der Waals surface area contributed by atoms with E-state index in [1.54, 1.807) is 12.1 Å². The molecule has 0 radical (unpaired) electrons. The van der Waals surface area contributed by atoms with Crippen molar-refractivity contribution in [3.8, 4) is 6.07 Å². The van der Waals surface area contributed by atoms with Gasteiger partial charge in [-0.1, -0.05) is 42.0 Å². The lowest BCUT2D eigenvalue weighted by Gasteiger charge is -2.36. The number of rotatable bonds is 6. The van der Waals surface area contributed by atoms with Gasteiger partial charge in [0.25, 0.3) is 0 Å². The van der Waals surface area contributed by atoms with Crippen LogP contribution in [-0.2, 0) is 21.4 Å². The second-order valence-corrected chi connectivity index (χ2v) is 9.33. The summed E-state index contributed by atoms with van der Waals surface area (Å²) in [6.45, 7) is 5.76. The molecule has 8 heteroatoms. The summed E-state index contributed by atoms with van der Waals surface area (Å²) < 4.78 is 27.3. The quantitative estimate of drug-likeness (QED) is 0.761. The molecule has 2 aromatic rings. The van der Waals surface area contributed by atoms with Crippen LogP contribution in [0.15, 0.2) is 53.4 Å². The van der Waals surface area contributed by atoms with E-state index in [0.717, 1.165) is 5.56 Å². The Bertz CT molecular complexity index is 1040. The van der Waals surface area contributed by atoms with Crippen LogP contribution in [0.5, 0.6) is 0 Å². The number of hydrogen-bond donors (Lipinski definition) is 1. The van der Waals surface area contributed by atoms with Crippen LogP contribution in [0.3, 0.4) is 0 Å². The van der Waals surface area contributed by atoms with Crippen molar-refractivity contribution in [2.24, 2.45) is 0 Å². The minimum absolute atomic E-state index is 0.0323. The van der Waals surface area contributed by atoms with Crippen molar-refractivity contribution in [2.45, 2.75) is 31.3 Å². The summed E-state index contributed by atoms with van der Waals surface area (Å²) in [5.41, 5.74) is 2.35. The third-order valence-electron chi connectivity index (χ3n) is 5.41. The average molecular weight is 427 g/mol. The summed E-state index contributed by atoms with van der Waals surface area (Å²) in [7, 11) is -3.74. The van der Waals surface area contributed by atoms with E-state index in [1.807, 2.05) is 49.1 Å². The maximum absolute atomic E-state index is 12.9. The van der Waals surface area contributed by atoms with Crippen molar-refractivity contribution < 1.29 is 13.2 Å². The summed E-state index contributed by atoms with van der Waals surface area (Å²) in [6, 6.07) is 15.8. The molecule has 1 aliphatic rings. The number of piperazine rings is 1. The first kappa shape index (κ1) is 22.0. The largest absolute Gasteiger partial charge is 0.351 e. The van der Waals surface area contributed by atoms with Gasteiger partial charge in [0, 0.05) is 32.7 Å². The van der Waals surface area contributed by atoms with Gasteiger partial charge in [-0.3, -0.25) is 9.69 Å². The van der Waals surface area contributed by atoms with Crippen molar-refractivity contribution >= 4 is 15.9 Å². The van der Waals surface area contributed by atoms with E-state index in [0.29, 0.717) is 19.6 Å². The Morgan fingerprint density at radius 3 is 2.37 bits per heavy atom. The normalized spacial score (nSPS) is 16.6. The van der Waals surface area contributed by atoms with Crippen LogP contribution in [0.2, 0.25) is 0 Å². The molecule has 30 heavy (non-hydrogen) atoms. The highest BCUT2D eigenvalue weighted by atomic mass is 32.2. The average Bonchev–Trinajstić information content (AvgIpc) is 2.78. The number of sulfonamides is 1. The summed E-state index contributed by atoms with van der Waals surface area (Å²) in [6.07, 6.45) is 0. The van der Waals surface area contributed by atoms with Gasteiger partial charge < -0.3 is 5.32 Å². The molecule has 3 rings (SSSR count). The molecule has 1 atom stereocenters. The number of aryl methyl sites for hydroxylation is 1. The summed E-state index contributed by atoms with van der Waals surface area (Å²) in [5.74, 6) is -0.0818. The van der Waals surface area contributed by atoms with Gasteiger partial charge in [0.05, 0.1) is 16.5 Å². The van der Waals surface area contributed by atoms with Crippen LogP contribution >= 0.6 is 0 Å². The van der Waals surface area contributed by atoms with Gasteiger partial charge >= 0.3 is 0 Å². The third-order valence-corrected chi connectivity index (χ3v) is 7.37. The van der Waals surface area contributed by atoms with Crippen molar-refractivity contribution in [1.29, 1.82) is 5.26 Å². The topological polar surface area (TPSA) is 93.5 Å². The highest BCUT2D eigenvalue weighted by molar-refractivity contribution is 7.89. The molecule has 1 heterocycles. The number of hydrogen-bond acceptors (Lipinski definition) is 5. The fourth-order valence-corrected chi connectivity index (χ4v) is 5.03. The molecule has 1 amide bonds. The highest BCUT2D eigenvalue weighted by Crippen LogP contribution is 2.21. The second-order valence-electron chi connectivity index (χ2n) is 7.43. The number of nitrogens with one attached hydrogen (secondary N) is 1. The SMILES string of the molecule is Cc1ccc(CNC(=O)C(C)N2CCN(S(=O)(=O)c3ccccc3C#N)CC2)cc1. The van der Waals surface area contributed by atoms with Gasteiger partial charge in [0.15, 0.2) is 0 Å². The minimum atomic E-state index is -3.74. The monoisotopic (exact) mass is 426 g/mol. The van der Waals surface area contributed by atoms with E-state index in [2.05, 4.69) is 5.32 Å². The Balaban J connectivity index is 1.57. The van der Waals surface area contributed by atoms with Crippen LogP contribution in [-0.4, -0.2) is 55.8 Å². The molecule has 1 N–H and O–H groups in total. The Morgan fingerprint density at radius 2 is 1.73 bits per heavy atom. The molecule has 1 unspecified atom stereocenters. The summed E-state index contributed by atoms with van der Waals surface area (Å²) >= 11 is 0. The standard InChI is InChI=1S/C22H26N4O3S/c1-17-7-9-19(10-8-17)16-24-22(27)18(2)25-11-13-26(14-12-25)30(28,29)21-6-4-3-5-20(21)15-23/h3-10,18H,11-14,16H2,1-2H3,(H,24,27). The molecule has 7 nitrogen and oxygen atoms in total. The smallest absolute Gasteiger partial charge is 0.244 e. The van der Waals surface area contributed by atoms with E-state index in [9.17, 15) is 18.5 Å². The number of carbonyl (C=O) groups is 1. The lowest BCUT2D eigenvalue weighted by molar-refractivity contribution is -0.126. The molecule has 1 saturated heterocycles. The first-order valence-corrected chi connectivity index (χ1v) is 11.3. The Kier molecular flexibility index (Phi) is 6.87. The highest BCUT2D eigenvalue weighted by Gasteiger charge is 2.32. The van der Waals surface area contributed by atoms with Crippen LogP contribution < -0.4 is 5.32 Å². The van der Waals surface area contributed by atoms with Crippen LogP contribution in [0.4, 0.5) is 0 Å². The van der Waals surface area contributed by atoms with Gasteiger partial charge in [-0.05, 0) is 31.5 Å². The summed E-state index contributed by atoms with van der Waals surface area (Å²) in [5, 5.41) is 12.2. The van der Waals surface area contributed by atoms with Gasteiger partial charge in [-0.15, -0.1) is 0 Å². The van der Waals surface area contributed by atoms with Crippen molar-refractivity contribution in [2.75, 3.05) is 26.2 Å². The molecule has 0 aromatic heterocycles. The predicted molar refractivity (Wildman–Crippen MR) is 114 cm³/mol. The third kappa shape index (κ3) is 4.87. The fourth-order valence-electron chi connectivity index (χ4n) is 3.46. The fraction of sp³-hybridized carbons (Fsp3) is 0.364.